The molecule has 104 valence electrons. The minimum Gasteiger partial charge on any atom is -0.486 e. The van der Waals surface area contributed by atoms with Crippen molar-refractivity contribution in [3.8, 4) is 11.5 Å². The molecule has 3 rings (SSSR count). The summed E-state index contributed by atoms with van der Waals surface area (Å²) >= 11 is 1.73. The van der Waals surface area contributed by atoms with Crippen LogP contribution in [-0.2, 0) is 6.54 Å². The van der Waals surface area contributed by atoms with Gasteiger partial charge in [0, 0.05) is 17.1 Å². The summed E-state index contributed by atoms with van der Waals surface area (Å²) in [6, 6.07) is 14.4. The van der Waals surface area contributed by atoms with E-state index in [-0.39, 0.29) is 0 Å². The first kappa shape index (κ1) is 13.2. The van der Waals surface area contributed by atoms with Gasteiger partial charge in [0.25, 0.3) is 0 Å². The Kier molecular flexibility index (Phi) is 4.02. The Morgan fingerprint density at radius 1 is 1.05 bits per heavy atom. The molecule has 0 radical (unpaired) electrons. The van der Waals surface area contributed by atoms with E-state index in [4.69, 9.17) is 9.47 Å². The predicted octanol–water partition coefficient (Wildman–Crippen LogP) is 3.79. The standard InChI is InChI=1S/C16H17NO2S/c1-20-16-10-15-14(18-7-8-19-15)9-12(16)11-17-13-5-3-2-4-6-13/h2-6,9-10,17H,7-8,11H2,1H3. The number of fused-ring (bicyclic) bond motifs is 1. The summed E-state index contributed by atoms with van der Waals surface area (Å²) in [7, 11) is 0. The second kappa shape index (κ2) is 6.09. The van der Waals surface area contributed by atoms with E-state index in [0.29, 0.717) is 13.2 Å². The number of thioether (sulfide) groups is 1. The number of para-hydroxylation sites is 1. The molecule has 4 heteroatoms. The van der Waals surface area contributed by atoms with Gasteiger partial charge < -0.3 is 14.8 Å². The lowest BCUT2D eigenvalue weighted by Crippen LogP contribution is -2.16. The van der Waals surface area contributed by atoms with E-state index in [9.17, 15) is 0 Å². The molecule has 0 saturated carbocycles. The minimum absolute atomic E-state index is 0.622. The van der Waals surface area contributed by atoms with E-state index >= 15 is 0 Å². The average Bonchev–Trinajstić information content (AvgIpc) is 2.53. The lowest BCUT2D eigenvalue weighted by Gasteiger charge is -2.21. The van der Waals surface area contributed by atoms with Crippen LogP contribution in [0.3, 0.4) is 0 Å². The molecule has 0 amide bonds. The van der Waals surface area contributed by atoms with Crippen LogP contribution in [0.5, 0.6) is 11.5 Å². The maximum Gasteiger partial charge on any atom is 0.162 e. The van der Waals surface area contributed by atoms with Gasteiger partial charge in [-0.05, 0) is 36.1 Å². The van der Waals surface area contributed by atoms with Crippen LogP contribution in [0.4, 0.5) is 5.69 Å². The summed E-state index contributed by atoms with van der Waals surface area (Å²) in [6.07, 6.45) is 2.08. The molecule has 0 saturated heterocycles. The van der Waals surface area contributed by atoms with Crippen molar-refractivity contribution < 1.29 is 9.47 Å². The van der Waals surface area contributed by atoms with E-state index in [1.54, 1.807) is 11.8 Å². The van der Waals surface area contributed by atoms with Crippen molar-refractivity contribution in [1.29, 1.82) is 0 Å². The Hall–Kier alpha value is -1.81. The van der Waals surface area contributed by atoms with E-state index in [2.05, 4.69) is 35.8 Å². The van der Waals surface area contributed by atoms with Crippen LogP contribution < -0.4 is 14.8 Å². The number of hydrogen-bond donors (Lipinski definition) is 1. The number of rotatable bonds is 4. The predicted molar refractivity (Wildman–Crippen MR) is 83.0 cm³/mol. The van der Waals surface area contributed by atoms with Crippen molar-refractivity contribution in [3.63, 3.8) is 0 Å². The topological polar surface area (TPSA) is 30.5 Å². The number of anilines is 1. The second-order valence-electron chi connectivity index (χ2n) is 4.53. The lowest BCUT2D eigenvalue weighted by atomic mass is 10.2. The van der Waals surface area contributed by atoms with E-state index in [1.807, 2.05) is 18.2 Å². The fourth-order valence-corrected chi connectivity index (χ4v) is 2.81. The van der Waals surface area contributed by atoms with Gasteiger partial charge in [-0.15, -0.1) is 11.8 Å². The number of nitrogens with one attached hydrogen (secondary N) is 1. The average molecular weight is 287 g/mol. The normalized spacial score (nSPS) is 13.1. The zero-order chi connectivity index (χ0) is 13.8. The van der Waals surface area contributed by atoms with Crippen LogP contribution >= 0.6 is 11.8 Å². The number of benzene rings is 2. The molecule has 1 aliphatic heterocycles. The SMILES string of the molecule is CSc1cc2c(cc1CNc1ccccc1)OCCO2. The largest absolute Gasteiger partial charge is 0.486 e. The third kappa shape index (κ3) is 2.85. The molecule has 0 unspecified atom stereocenters. The molecule has 0 bridgehead atoms. The summed E-state index contributed by atoms with van der Waals surface area (Å²) in [5.74, 6) is 1.70. The Balaban J connectivity index is 1.81. The molecule has 1 aliphatic rings. The van der Waals surface area contributed by atoms with Crippen molar-refractivity contribution >= 4 is 17.4 Å². The molecule has 0 aromatic heterocycles. The number of hydrogen-bond acceptors (Lipinski definition) is 4. The highest BCUT2D eigenvalue weighted by Crippen LogP contribution is 2.36. The van der Waals surface area contributed by atoms with Crippen molar-refractivity contribution in [2.45, 2.75) is 11.4 Å². The summed E-state index contributed by atoms with van der Waals surface area (Å²) in [5, 5.41) is 3.43. The van der Waals surface area contributed by atoms with Crippen LogP contribution in [0.15, 0.2) is 47.4 Å². The van der Waals surface area contributed by atoms with Gasteiger partial charge in [-0.2, -0.15) is 0 Å². The fraction of sp³-hybridized carbons (Fsp3) is 0.250. The monoisotopic (exact) mass is 287 g/mol. The van der Waals surface area contributed by atoms with Crippen molar-refractivity contribution in [2.75, 3.05) is 24.8 Å². The first-order chi connectivity index (χ1) is 9.86. The molecule has 2 aromatic rings. The molecule has 1 N–H and O–H groups in total. The van der Waals surface area contributed by atoms with E-state index in [0.717, 1.165) is 23.7 Å². The molecule has 2 aromatic carbocycles. The van der Waals surface area contributed by atoms with Gasteiger partial charge in [-0.3, -0.25) is 0 Å². The Morgan fingerprint density at radius 2 is 1.75 bits per heavy atom. The van der Waals surface area contributed by atoms with E-state index < -0.39 is 0 Å². The zero-order valence-corrected chi connectivity index (χ0v) is 12.2. The Morgan fingerprint density at radius 3 is 2.45 bits per heavy atom. The molecule has 3 nitrogen and oxygen atoms in total. The summed E-state index contributed by atoms with van der Waals surface area (Å²) in [5.41, 5.74) is 2.35. The second-order valence-corrected chi connectivity index (χ2v) is 5.38. The third-order valence-electron chi connectivity index (χ3n) is 3.20. The van der Waals surface area contributed by atoms with Gasteiger partial charge in [0.15, 0.2) is 11.5 Å². The Bertz CT molecular complexity index is 587. The van der Waals surface area contributed by atoms with Gasteiger partial charge in [0.2, 0.25) is 0 Å². The van der Waals surface area contributed by atoms with Gasteiger partial charge in [0.1, 0.15) is 13.2 Å². The third-order valence-corrected chi connectivity index (χ3v) is 4.02. The molecule has 0 fully saturated rings. The van der Waals surface area contributed by atoms with E-state index in [1.165, 1.54) is 10.5 Å². The molecule has 0 spiro atoms. The first-order valence-corrected chi connectivity index (χ1v) is 7.85. The van der Waals surface area contributed by atoms with Crippen molar-refractivity contribution in [1.82, 2.24) is 0 Å². The summed E-state index contributed by atoms with van der Waals surface area (Å²) in [6.45, 7) is 2.02. The highest BCUT2D eigenvalue weighted by Gasteiger charge is 2.15. The zero-order valence-electron chi connectivity index (χ0n) is 11.4. The first-order valence-electron chi connectivity index (χ1n) is 6.62. The van der Waals surface area contributed by atoms with Gasteiger partial charge in [-0.1, -0.05) is 18.2 Å². The summed E-state index contributed by atoms with van der Waals surface area (Å²) < 4.78 is 11.3. The highest BCUT2D eigenvalue weighted by molar-refractivity contribution is 7.98. The van der Waals surface area contributed by atoms with Crippen molar-refractivity contribution in [3.05, 3.63) is 48.0 Å². The molecule has 20 heavy (non-hydrogen) atoms. The maximum atomic E-state index is 5.65. The van der Waals surface area contributed by atoms with Crippen LogP contribution in [0.2, 0.25) is 0 Å². The quantitative estimate of drug-likeness (QED) is 0.867. The van der Waals surface area contributed by atoms with Crippen LogP contribution in [0.25, 0.3) is 0 Å². The fourth-order valence-electron chi connectivity index (χ4n) is 2.19. The highest BCUT2D eigenvalue weighted by atomic mass is 32.2. The summed E-state index contributed by atoms with van der Waals surface area (Å²) in [4.78, 5) is 1.22. The van der Waals surface area contributed by atoms with Gasteiger partial charge in [0.05, 0.1) is 0 Å². The maximum absolute atomic E-state index is 5.65. The van der Waals surface area contributed by atoms with Crippen molar-refractivity contribution in [2.24, 2.45) is 0 Å². The lowest BCUT2D eigenvalue weighted by molar-refractivity contribution is 0.171. The number of ether oxygens (including phenoxy) is 2. The molecule has 0 atom stereocenters. The van der Waals surface area contributed by atoms with Crippen LogP contribution in [-0.4, -0.2) is 19.5 Å². The minimum atomic E-state index is 0.622. The molecular weight excluding hydrogens is 270 g/mol. The Labute approximate surface area is 123 Å². The van der Waals surface area contributed by atoms with Crippen LogP contribution in [0.1, 0.15) is 5.56 Å². The molecule has 1 heterocycles. The smallest absolute Gasteiger partial charge is 0.162 e. The molecular formula is C16H17NO2S. The van der Waals surface area contributed by atoms with Crippen LogP contribution in [0, 0.1) is 0 Å². The molecule has 0 aliphatic carbocycles. The van der Waals surface area contributed by atoms with Gasteiger partial charge in [-0.25, -0.2) is 0 Å². The van der Waals surface area contributed by atoms with Gasteiger partial charge >= 0.3 is 0 Å².